The lowest BCUT2D eigenvalue weighted by molar-refractivity contribution is -0.126. The first-order valence-electron chi connectivity index (χ1n) is 8.75. The lowest BCUT2D eigenvalue weighted by Gasteiger charge is -2.34. The third-order valence-electron chi connectivity index (χ3n) is 5.02. The maximum atomic E-state index is 12.7. The Morgan fingerprint density at radius 3 is 2.96 bits per heavy atom. The second-order valence-corrected chi connectivity index (χ2v) is 7.55. The van der Waals surface area contributed by atoms with Crippen LogP contribution in [0.5, 0.6) is 0 Å². The molecule has 8 heteroatoms. The van der Waals surface area contributed by atoms with E-state index in [4.69, 9.17) is 0 Å². The minimum atomic E-state index is 0. The van der Waals surface area contributed by atoms with E-state index in [1.165, 1.54) is 0 Å². The molecular weight excluding hydrogens is 358 g/mol. The average Bonchev–Trinajstić information content (AvgIpc) is 3.11. The SMILES string of the molecule is Cl.O=C(NC1CCNCC1)C1CCCN(c2ncnc3sccc23)C1. The summed E-state index contributed by atoms with van der Waals surface area (Å²) in [4.78, 5) is 24.8. The highest BCUT2D eigenvalue weighted by molar-refractivity contribution is 7.16. The fourth-order valence-corrected chi connectivity index (χ4v) is 4.43. The van der Waals surface area contributed by atoms with Crippen LogP contribution < -0.4 is 15.5 Å². The summed E-state index contributed by atoms with van der Waals surface area (Å²) in [5.41, 5.74) is 0. The van der Waals surface area contributed by atoms with E-state index >= 15 is 0 Å². The first-order valence-corrected chi connectivity index (χ1v) is 9.63. The molecule has 2 aromatic heterocycles. The van der Waals surface area contributed by atoms with Crippen LogP contribution in [0.3, 0.4) is 0 Å². The Morgan fingerprint density at radius 2 is 2.12 bits per heavy atom. The number of nitrogens with zero attached hydrogens (tertiary/aromatic N) is 3. The molecule has 0 aliphatic carbocycles. The molecule has 2 aromatic rings. The van der Waals surface area contributed by atoms with Crippen molar-refractivity contribution in [3.05, 3.63) is 17.8 Å². The second-order valence-electron chi connectivity index (χ2n) is 6.65. The van der Waals surface area contributed by atoms with Crippen molar-refractivity contribution in [2.24, 2.45) is 5.92 Å². The van der Waals surface area contributed by atoms with Gasteiger partial charge in [-0.3, -0.25) is 4.79 Å². The number of fused-ring (bicyclic) bond motifs is 1. The summed E-state index contributed by atoms with van der Waals surface area (Å²) in [5, 5.41) is 9.74. The van der Waals surface area contributed by atoms with Crippen LogP contribution in [-0.4, -0.2) is 48.1 Å². The van der Waals surface area contributed by atoms with Crippen molar-refractivity contribution < 1.29 is 4.79 Å². The number of carbonyl (C=O) groups is 1. The number of halogens is 1. The molecule has 6 nitrogen and oxygen atoms in total. The van der Waals surface area contributed by atoms with E-state index in [9.17, 15) is 4.79 Å². The summed E-state index contributed by atoms with van der Waals surface area (Å²) >= 11 is 1.63. The molecule has 0 spiro atoms. The predicted octanol–water partition coefficient (Wildman–Crippen LogP) is 2.20. The van der Waals surface area contributed by atoms with Crippen molar-refractivity contribution in [1.82, 2.24) is 20.6 Å². The van der Waals surface area contributed by atoms with Crippen molar-refractivity contribution >= 4 is 45.7 Å². The van der Waals surface area contributed by atoms with Crippen molar-refractivity contribution in [2.75, 3.05) is 31.1 Å². The molecule has 2 aliphatic heterocycles. The summed E-state index contributed by atoms with van der Waals surface area (Å²) < 4.78 is 0. The van der Waals surface area contributed by atoms with Crippen LogP contribution in [0.2, 0.25) is 0 Å². The van der Waals surface area contributed by atoms with E-state index in [1.807, 2.05) is 5.38 Å². The number of amides is 1. The average molecular weight is 382 g/mol. The molecule has 0 saturated carbocycles. The lowest BCUT2D eigenvalue weighted by atomic mass is 9.95. The monoisotopic (exact) mass is 381 g/mol. The molecular formula is C17H24ClN5OS. The molecule has 2 fully saturated rings. The summed E-state index contributed by atoms with van der Waals surface area (Å²) in [5.74, 6) is 1.24. The number of piperidine rings is 2. The van der Waals surface area contributed by atoms with Gasteiger partial charge in [-0.2, -0.15) is 0 Å². The first-order chi connectivity index (χ1) is 11.8. The molecule has 1 amide bonds. The Labute approximate surface area is 157 Å². The molecule has 136 valence electrons. The van der Waals surface area contributed by atoms with Gasteiger partial charge in [0.05, 0.1) is 11.3 Å². The third kappa shape index (κ3) is 4.04. The molecule has 0 aromatic carbocycles. The maximum absolute atomic E-state index is 12.7. The Balaban J connectivity index is 0.00000182. The van der Waals surface area contributed by atoms with Gasteiger partial charge in [0.1, 0.15) is 17.0 Å². The van der Waals surface area contributed by atoms with Gasteiger partial charge < -0.3 is 15.5 Å². The molecule has 4 rings (SSSR count). The molecule has 1 atom stereocenters. The molecule has 25 heavy (non-hydrogen) atoms. The fraction of sp³-hybridized carbons (Fsp3) is 0.588. The van der Waals surface area contributed by atoms with E-state index in [-0.39, 0.29) is 24.2 Å². The van der Waals surface area contributed by atoms with E-state index < -0.39 is 0 Å². The number of hydrogen-bond donors (Lipinski definition) is 2. The smallest absolute Gasteiger partial charge is 0.225 e. The van der Waals surface area contributed by atoms with Gasteiger partial charge in [-0.05, 0) is 50.2 Å². The zero-order chi connectivity index (χ0) is 16.4. The van der Waals surface area contributed by atoms with Crippen molar-refractivity contribution in [2.45, 2.75) is 31.7 Å². The minimum absolute atomic E-state index is 0. The maximum Gasteiger partial charge on any atom is 0.225 e. The Kier molecular flexibility index (Phi) is 6.09. The van der Waals surface area contributed by atoms with Crippen LogP contribution in [0.4, 0.5) is 5.82 Å². The van der Waals surface area contributed by atoms with E-state index in [0.717, 1.165) is 67.9 Å². The fourth-order valence-electron chi connectivity index (χ4n) is 3.70. The molecule has 2 aliphatic rings. The van der Waals surface area contributed by atoms with Crippen molar-refractivity contribution in [3.63, 3.8) is 0 Å². The molecule has 2 saturated heterocycles. The van der Waals surface area contributed by atoms with Gasteiger partial charge in [0, 0.05) is 19.1 Å². The van der Waals surface area contributed by atoms with Gasteiger partial charge in [-0.25, -0.2) is 9.97 Å². The van der Waals surface area contributed by atoms with Gasteiger partial charge in [0.15, 0.2) is 0 Å². The lowest BCUT2D eigenvalue weighted by Crippen LogP contribution is -2.48. The Bertz CT molecular complexity index is 718. The zero-order valence-corrected chi connectivity index (χ0v) is 15.7. The van der Waals surface area contributed by atoms with E-state index in [1.54, 1.807) is 17.7 Å². The number of carbonyl (C=O) groups excluding carboxylic acids is 1. The topological polar surface area (TPSA) is 70.2 Å². The van der Waals surface area contributed by atoms with E-state index in [2.05, 4.69) is 31.6 Å². The highest BCUT2D eigenvalue weighted by Crippen LogP contribution is 2.30. The molecule has 4 heterocycles. The minimum Gasteiger partial charge on any atom is -0.355 e. The Hall–Kier alpha value is -1.44. The van der Waals surface area contributed by atoms with Gasteiger partial charge >= 0.3 is 0 Å². The standard InChI is InChI=1S/C17H23N5OS.ClH/c23-16(21-13-3-6-18-7-4-13)12-2-1-8-22(10-12)15-14-5-9-24-17(14)20-11-19-15;/h5,9,11-13,18H,1-4,6-8,10H2,(H,21,23);1H. The van der Waals surface area contributed by atoms with Gasteiger partial charge in [-0.1, -0.05) is 0 Å². The number of thiophene rings is 1. The van der Waals surface area contributed by atoms with Crippen LogP contribution in [-0.2, 0) is 4.79 Å². The van der Waals surface area contributed by atoms with Crippen molar-refractivity contribution in [3.8, 4) is 0 Å². The van der Waals surface area contributed by atoms with Crippen LogP contribution in [0.15, 0.2) is 17.8 Å². The van der Waals surface area contributed by atoms with Crippen LogP contribution in [0.25, 0.3) is 10.2 Å². The quantitative estimate of drug-likeness (QED) is 0.852. The number of anilines is 1. The van der Waals surface area contributed by atoms with Crippen LogP contribution >= 0.6 is 23.7 Å². The molecule has 1 unspecified atom stereocenters. The summed E-state index contributed by atoms with van der Waals surface area (Å²) in [6, 6.07) is 2.41. The van der Waals surface area contributed by atoms with Crippen LogP contribution in [0, 0.1) is 5.92 Å². The largest absolute Gasteiger partial charge is 0.355 e. The molecule has 2 N–H and O–H groups in total. The van der Waals surface area contributed by atoms with Gasteiger partial charge in [0.2, 0.25) is 5.91 Å². The van der Waals surface area contributed by atoms with E-state index in [0.29, 0.717) is 6.04 Å². The normalized spacial score (nSPS) is 21.8. The predicted molar refractivity (Wildman–Crippen MR) is 104 cm³/mol. The third-order valence-corrected chi connectivity index (χ3v) is 5.84. The summed E-state index contributed by atoms with van der Waals surface area (Å²) in [6.45, 7) is 3.70. The van der Waals surface area contributed by atoms with Crippen LogP contribution in [0.1, 0.15) is 25.7 Å². The number of hydrogen-bond acceptors (Lipinski definition) is 6. The summed E-state index contributed by atoms with van der Waals surface area (Å²) in [7, 11) is 0. The number of nitrogens with one attached hydrogen (secondary N) is 2. The molecule has 0 radical (unpaired) electrons. The highest BCUT2D eigenvalue weighted by Gasteiger charge is 2.29. The summed E-state index contributed by atoms with van der Waals surface area (Å²) in [6.07, 6.45) is 5.69. The zero-order valence-electron chi connectivity index (χ0n) is 14.1. The van der Waals surface area contributed by atoms with Gasteiger partial charge in [-0.15, -0.1) is 23.7 Å². The first kappa shape index (κ1) is 18.4. The second kappa shape index (κ2) is 8.29. The van der Waals surface area contributed by atoms with Gasteiger partial charge in [0.25, 0.3) is 0 Å². The highest BCUT2D eigenvalue weighted by atomic mass is 35.5. The van der Waals surface area contributed by atoms with Crippen molar-refractivity contribution in [1.29, 1.82) is 0 Å². The number of rotatable bonds is 3. The Morgan fingerprint density at radius 1 is 1.28 bits per heavy atom. The molecule has 0 bridgehead atoms. The number of aromatic nitrogens is 2.